The van der Waals surface area contributed by atoms with E-state index in [9.17, 15) is 10.0 Å². The Morgan fingerprint density at radius 3 is 2.39 bits per heavy atom. The molecule has 0 aliphatic heterocycles. The van der Waals surface area contributed by atoms with Crippen LogP contribution in [0.15, 0.2) is 53.7 Å². The quantitative estimate of drug-likeness (QED) is 0.486. The number of nitrogens with zero attached hydrogens (tertiary/aromatic N) is 1. The number of carboxylic acid groups (broad SMARTS) is 1. The first-order chi connectivity index (χ1) is 11.1. The Labute approximate surface area is 134 Å². The van der Waals surface area contributed by atoms with E-state index < -0.39 is 12.1 Å². The van der Waals surface area contributed by atoms with Crippen molar-refractivity contribution in [2.24, 2.45) is 5.16 Å². The van der Waals surface area contributed by atoms with Crippen LogP contribution in [0.5, 0.6) is 5.75 Å². The van der Waals surface area contributed by atoms with E-state index in [2.05, 4.69) is 5.16 Å². The zero-order valence-electron chi connectivity index (χ0n) is 13.1. The van der Waals surface area contributed by atoms with E-state index >= 15 is 0 Å². The Hall–Kier alpha value is -2.82. The van der Waals surface area contributed by atoms with Crippen LogP contribution in [-0.2, 0) is 4.79 Å². The maximum atomic E-state index is 11.1. The van der Waals surface area contributed by atoms with Gasteiger partial charge in [0, 0.05) is 11.1 Å². The molecule has 1 atom stereocenters. The van der Waals surface area contributed by atoms with Gasteiger partial charge in [-0.2, -0.15) is 0 Å². The van der Waals surface area contributed by atoms with Gasteiger partial charge in [0.15, 0.2) is 6.10 Å². The van der Waals surface area contributed by atoms with E-state index in [0.717, 1.165) is 16.7 Å². The first kappa shape index (κ1) is 16.5. The van der Waals surface area contributed by atoms with Gasteiger partial charge in [-0.1, -0.05) is 42.4 Å². The van der Waals surface area contributed by atoms with E-state index in [1.165, 1.54) is 0 Å². The highest BCUT2D eigenvalue weighted by molar-refractivity contribution is 6.12. The van der Waals surface area contributed by atoms with E-state index in [4.69, 9.17) is 9.84 Å². The molecule has 2 aromatic rings. The summed E-state index contributed by atoms with van der Waals surface area (Å²) in [6, 6.07) is 14.6. The Bertz CT molecular complexity index is 710. The average molecular weight is 313 g/mol. The lowest BCUT2D eigenvalue weighted by atomic mass is 10.0. The summed E-state index contributed by atoms with van der Waals surface area (Å²) in [5.41, 5.74) is 2.75. The molecular formula is C18H19NO4. The van der Waals surface area contributed by atoms with Crippen molar-refractivity contribution in [2.75, 3.05) is 0 Å². The summed E-state index contributed by atoms with van der Waals surface area (Å²) >= 11 is 0. The number of carbonyl (C=O) groups is 1. The summed E-state index contributed by atoms with van der Waals surface area (Å²) in [5, 5.41) is 21.8. The van der Waals surface area contributed by atoms with Crippen molar-refractivity contribution >= 4 is 11.7 Å². The fraction of sp³-hybridized carbons (Fsp3) is 0.222. The third kappa shape index (κ3) is 3.88. The van der Waals surface area contributed by atoms with E-state index in [-0.39, 0.29) is 0 Å². The number of oxime groups is 1. The van der Waals surface area contributed by atoms with Crippen LogP contribution in [0.4, 0.5) is 0 Å². The molecule has 0 aliphatic rings. The third-order valence-electron chi connectivity index (χ3n) is 3.51. The lowest BCUT2D eigenvalue weighted by Crippen LogP contribution is -2.26. The van der Waals surface area contributed by atoms with Gasteiger partial charge in [0.1, 0.15) is 11.5 Å². The molecule has 2 aromatic carbocycles. The molecule has 0 aromatic heterocycles. The SMILES string of the molecule is CCC(Oc1ccc(C(=NO)c2ccccc2)cc1C)C(=O)O. The molecule has 2 N–H and O–H groups in total. The van der Waals surface area contributed by atoms with Gasteiger partial charge in [-0.15, -0.1) is 0 Å². The van der Waals surface area contributed by atoms with Crippen LogP contribution >= 0.6 is 0 Å². The van der Waals surface area contributed by atoms with Gasteiger partial charge in [0.05, 0.1) is 0 Å². The standard InChI is InChI=1S/C18H19NO4/c1-3-15(18(20)21)23-16-10-9-14(11-12(16)2)17(19-22)13-7-5-4-6-8-13/h4-11,15,22H,3H2,1-2H3,(H,20,21). The summed E-state index contributed by atoms with van der Waals surface area (Å²) in [7, 11) is 0. The number of hydrogen-bond acceptors (Lipinski definition) is 4. The van der Waals surface area contributed by atoms with Crippen LogP contribution in [0, 0.1) is 6.92 Å². The second-order valence-electron chi connectivity index (χ2n) is 5.15. The van der Waals surface area contributed by atoms with Gasteiger partial charge in [-0.25, -0.2) is 4.79 Å². The molecule has 23 heavy (non-hydrogen) atoms. The Balaban J connectivity index is 2.30. The zero-order valence-corrected chi connectivity index (χ0v) is 13.1. The van der Waals surface area contributed by atoms with Gasteiger partial charge in [0.25, 0.3) is 0 Å². The molecular weight excluding hydrogens is 294 g/mol. The first-order valence-corrected chi connectivity index (χ1v) is 7.34. The van der Waals surface area contributed by atoms with Crippen molar-refractivity contribution in [3.8, 4) is 5.75 Å². The second kappa shape index (κ2) is 7.45. The van der Waals surface area contributed by atoms with Crippen LogP contribution in [0.1, 0.15) is 30.0 Å². The Morgan fingerprint density at radius 2 is 1.87 bits per heavy atom. The summed E-state index contributed by atoms with van der Waals surface area (Å²) in [5.74, 6) is -0.480. The molecule has 5 heteroatoms. The molecule has 0 spiro atoms. The fourth-order valence-corrected chi connectivity index (χ4v) is 2.27. The summed E-state index contributed by atoms with van der Waals surface area (Å²) < 4.78 is 5.53. The average Bonchev–Trinajstić information content (AvgIpc) is 2.55. The largest absolute Gasteiger partial charge is 0.479 e. The smallest absolute Gasteiger partial charge is 0.344 e. The lowest BCUT2D eigenvalue weighted by molar-refractivity contribution is -0.145. The number of benzene rings is 2. The minimum atomic E-state index is -0.988. The maximum Gasteiger partial charge on any atom is 0.344 e. The molecule has 0 aliphatic carbocycles. The first-order valence-electron chi connectivity index (χ1n) is 7.34. The van der Waals surface area contributed by atoms with Crippen LogP contribution in [0.3, 0.4) is 0 Å². The van der Waals surface area contributed by atoms with Crippen LogP contribution in [0.25, 0.3) is 0 Å². The molecule has 2 rings (SSSR count). The van der Waals surface area contributed by atoms with E-state index in [0.29, 0.717) is 17.9 Å². The minimum absolute atomic E-state index is 0.379. The molecule has 0 radical (unpaired) electrons. The van der Waals surface area contributed by atoms with Crippen molar-refractivity contribution in [1.29, 1.82) is 0 Å². The van der Waals surface area contributed by atoms with Gasteiger partial charge >= 0.3 is 5.97 Å². The van der Waals surface area contributed by atoms with Crippen molar-refractivity contribution in [3.05, 3.63) is 65.2 Å². The van der Waals surface area contributed by atoms with Crippen molar-refractivity contribution in [2.45, 2.75) is 26.4 Å². The number of carboxylic acids is 1. The molecule has 0 saturated carbocycles. The van der Waals surface area contributed by atoms with Crippen molar-refractivity contribution in [1.82, 2.24) is 0 Å². The van der Waals surface area contributed by atoms with Crippen LogP contribution < -0.4 is 4.74 Å². The van der Waals surface area contributed by atoms with E-state index in [1.807, 2.05) is 43.3 Å². The molecule has 0 heterocycles. The van der Waals surface area contributed by atoms with Crippen LogP contribution in [-0.4, -0.2) is 28.1 Å². The zero-order chi connectivity index (χ0) is 16.8. The highest BCUT2D eigenvalue weighted by Gasteiger charge is 2.18. The fourth-order valence-electron chi connectivity index (χ4n) is 2.27. The number of ether oxygens (including phenoxy) is 1. The highest BCUT2D eigenvalue weighted by atomic mass is 16.5. The van der Waals surface area contributed by atoms with Gasteiger partial charge in [-0.05, 0) is 37.1 Å². The minimum Gasteiger partial charge on any atom is -0.479 e. The van der Waals surface area contributed by atoms with Crippen molar-refractivity contribution < 1.29 is 19.8 Å². The predicted octanol–water partition coefficient (Wildman–Crippen LogP) is 3.46. The number of aliphatic carboxylic acids is 1. The molecule has 5 nitrogen and oxygen atoms in total. The molecule has 0 amide bonds. The van der Waals surface area contributed by atoms with E-state index in [1.54, 1.807) is 19.1 Å². The molecule has 1 unspecified atom stereocenters. The topological polar surface area (TPSA) is 79.1 Å². The van der Waals surface area contributed by atoms with Gasteiger partial charge in [0.2, 0.25) is 0 Å². The molecule has 0 saturated heterocycles. The number of aryl methyl sites for hydroxylation is 1. The third-order valence-corrected chi connectivity index (χ3v) is 3.51. The van der Waals surface area contributed by atoms with Gasteiger partial charge in [-0.3, -0.25) is 0 Å². The summed E-state index contributed by atoms with van der Waals surface area (Å²) in [4.78, 5) is 11.1. The molecule has 120 valence electrons. The van der Waals surface area contributed by atoms with Crippen LogP contribution in [0.2, 0.25) is 0 Å². The molecule has 0 bridgehead atoms. The number of hydrogen-bond donors (Lipinski definition) is 2. The van der Waals surface area contributed by atoms with Gasteiger partial charge < -0.3 is 15.1 Å². The maximum absolute atomic E-state index is 11.1. The lowest BCUT2D eigenvalue weighted by Gasteiger charge is -2.16. The highest BCUT2D eigenvalue weighted by Crippen LogP contribution is 2.23. The molecule has 0 fully saturated rings. The van der Waals surface area contributed by atoms with Crippen molar-refractivity contribution in [3.63, 3.8) is 0 Å². The monoisotopic (exact) mass is 313 g/mol. The Morgan fingerprint density at radius 1 is 1.17 bits per heavy atom. The Kier molecular flexibility index (Phi) is 5.36. The second-order valence-corrected chi connectivity index (χ2v) is 5.15. The predicted molar refractivity (Wildman–Crippen MR) is 87.4 cm³/mol. The normalized spacial score (nSPS) is 12.7. The number of rotatable bonds is 6. The summed E-state index contributed by atoms with van der Waals surface area (Å²) in [6.07, 6.45) is -0.496. The summed E-state index contributed by atoms with van der Waals surface area (Å²) in [6.45, 7) is 3.59.